The predicted octanol–water partition coefficient (Wildman–Crippen LogP) is 2.78. The molecule has 1 rings (SSSR count). The van der Waals surface area contributed by atoms with E-state index in [1.54, 1.807) is 4.90 Å². The molecule has 0 heterocycles. The molecule has 0 unspecified atom stereocenters. The van der Waals surface area contributed by atoms with E-state index < -0.39 is 0 Å². The van der Waals surface area contributed by atoms with Crippen molar-refractivity contribution in [1.29, 1.82) is 0 Å². The minimum absolute atomic E-state index is 0.282. The summed E-state index contributed by atoms with van der Waals surface area (Å²) in [5, 5.41) is 0. The van der Waals surface area contributed by atoms with E-state index in [0.717, 1.165) is 12.8 Å². The Kier molecular flexibility index (Phi) is 3.47. The van der Waals surface area contributed by atoms with Crippen molar-refractivity contribution < 1.29 is 4.79 Å². The normalized spacial score (nSPS) is 20.5. The van der Waals surface area contributed by atoms with E-state index in [9.17, 15) is 4.79 Å². The van der Waals surface area contributed by atoms with Crippen molar-refractivity contribution in [1.82, 2.24) is 4.90 Å². The SMILES string of the molecule is CC(C)C1(C(C)C)CC(C(=O)N(C)C)C1. The van der Waals surface area contributed by atoms with Crippen molar-refractivity contribution in [2.24, 2.45) is 23.2 Å². The van der Waals surface area contributed by atoms with E-state index >= 15 is 0 Å². The summed E-state index contributed by atoms with van der Waals surface area (Å²) >= 11 is 0. The zero-order chi connectivity index (χ0) is 11.8. The summed E-state index contributed by atoms with van der Waals surface area (Å²) in [4.78, 5) is 13.5. The standard InChI is InChI=1S/C13H25NO/c1-9(2)13(10(3)4)7-11(8-13)12(15)14(5)6/h9-11H,7-8H2,1-6H3. The van der Waals surface area contributed by atoms with E-state index in [2.05, 4.69) is 27.7 Å². The highest BCUT2D eigenvalue weighted by Gasteiger charge is 2.51. The quantitative estimate of drug-likeness (QED) is 0.703. The van der Waals surface area contributed by atoms with Crippen LogP contribution in [0.2, 0.25) is 0 Å². The fourth-order valence-corrected chi connectivity index (χ4v) is 3.01. The zero-order valence-corrected chi connectivity index (χ0v) is 11.0. The molecule has 2 nitrogen and oxygen atoms in total. The first-order valence-corrected chi connectivity index (χ1v) is 6.02. The molecule has 0 saturated heterocycles. The second kappa shape index (κ2) is 4.15. The van der Waals surface area contributed by atoms with Crippen molar-refractivity contribution in [2.75, 3.05) is 14.1 Å². The Balaban J connectivity index is 2.63. The Morgan fingerprint density at radius 3 is 1.80 bits per heavy atom. The van der Waals surface area contributed by atoms with Crippen molar-refractivity contribution in [3.05, 3.63) is 0 Å². The first kappa shape index (κ1) is 12.5. The van der Waals surface area contributed by atoms with E-state index in [4.69, 9.17) is 0 Å². The number of carbonyl (C=O) groups is 1. The highest BCUT2D eigenvalue weighted by molar-refractivity contribution is 5.79. The first-order chi connectivity index (χ1) is 6.81. The molecule has 2 heteroatoms. The van der Waals surface area contributed by atoms with Gasteiger partial charge >= 0.3 is 0 Å². The van der Waals surface area contributed by atoms with Gasteiger partial charge in [0.05, 0.1) is 0 Å². The monoisotopic (exact) mass is 211 g/mol. The summed E-state index contributed by atoms with van der Waals surface area (Å²) < 4.78 is 0. The second-order valence-corrected chi connectivity index (χ2v) is 5.88. The third-order valence-electron chi connectivity index (χ3n) is 4.34. The van der Waals surface area contributed by atoms with Gasteiger partial charge in [-0.1, -0.05) is 27.7 Å². The molecule has 88 valence electrons. The fourth-order valence-electron chi connectivity index (χ4n) is 3.01. The third-order valence-corrected chi connectivity index (χ3v) is 4.34. The minimum atomic E-state index is 0.282. The lowest BCUT2D eigenvalue weighted by Gasteiger charge is -2.53. The molecule has 1 aliphatic rings. The van der Waals surface area contributed by atoms with Crippen LogP contribution in [0.5, 0.6) is 0 Å². The Labute approximate surface area is 94.0 Å². The van der Waals surface area contributed by atoms with Gasteiger partial charge in [-0.15, -0.1) is 0 Å². The predicted molar refractivity (Wildman–Crippen MR) is 63.5 cm³/mol. The highest BCUT2D eigenvalue weighted by Crippen LogP contribution is 2.55. The molecule has 1 aliphatic carbocycles. The average molecular weight is 211 g/mol. The topological polar surface area (TPSA) is 20.3 Å². The van der Waals surface area contributed by atoms with Gasteiger partial charge in [0.2, 0.25) is 5.91 Å². The molecular weight excluding hydrogens is 186 g/mol. The maximum atomic E-state index is 11.8. The lowest BCUT2D eigenvalue weighted by atomic mass is 9.51. The fraction of sp³-hybridized carbons (Fsp3) is 0.923. The number of rotatable bonds is 3. The molecule has 0 radical (unpaired) electrons. The van der Waals surface area contributed by atoms with Gasteiger partial charge in [-0.3, -0.25) is 4.79 Å². The summed E-state index contributed by atoms with van der Waals surface area (Å²) in [6.07, 6.45) is 2.17. The van der Waals surface area contributed by atoms with E-state index in [0.29, 0.717) is 23.2 Å². The molecule has 1 amide bonds. The Hall–Kier alpha value is -0.530. The Bertz CT molecular complexity index is 227. The highest BCUT2D eigenvalue weighted by atomic mass is 16.2. The molecule has 1 fully saturated rings. The largest absolute Gasteiger partial charge is 0.349 e. The van der Waals surface area contributed by atoms with Gasteiger partial charge in [0.25, 0.3) is 0 Å². The van der Waals surface area contributed by atoms with Gasteiger partial charge in [0, 0.05) is 20.0 Å². The second-order valence-electron chi connectivity index (χ2n) is 5.88. The minimum Gasteiger partial charge on any atom is -0.349 e. The molecule has 0 aromatic heterocycles. The lowest BCUT2D eigenvalue weighted by molar-refractivity contribution is -0.146. The average Bonchev–Trinajstić information content (AvgIpc) is 1.99. The van der Waals surface area contributed by atoms with Crippen LogP contribution in [0.1, 0.15) is 40.5 Å². The van der Waals surface area contributed by atoms with Crippen LogP contribution < -0.4 is 0 Å². The number of hydrogen-bond donors (Lipinski definition) is 0. The summed E-state index contributed by atoms with van der Waals surface area (Å²) in [7, 11) is 3.71. The van der Waals surface area contributed by atoms with Crippen LogP contribution in [0.15, 0.2) is 0 Å². The van der Waals surface area contributed by atoms with E-state index in [1.807, 2.05) is 14.1 Å². The van der Waals surface area contributed by atoms with Gasteiger partial charge in [-0.2, -0.15) is 0 Å². The van der Waals surface area contributed by atoms with Gasteiger partial charge in [0.1, 0.15) is 0 Å². The van der Waals surface area contributed by atoms with E-state index in [1.165, 1.54) is 0 Å². The summed E-state index contributed by atoms with van der Waals surface area (Å²) in [6, 6.07) is 0. The van der Waals surface area contributed by atoms with E-state index in [-0.39, 0.29) is 5.92 Å². The molecule has 0 spiro atoms. The summed E-state index contributed by atoms with van der Waals surface area (Å²) in [5.41, 5.74) is 0.413. The maximum absolute atomic E-state index is 11.8. The maximum Gasteiger partial charge on any atom is 0.225 e. The van der Waals surface area contributed by atoms with Gasteiger partial charge < -0.3 is 4.90 Å². The number of nitrogens with zero attached hydrogens (tertiary/aromatic N) is 1. The molecule has 0 aliphatic heterocycles. The van der Waals surface area contributed by atoms with Crippen LogP contribution >= 0.6 is 0 Å². The van der Waals surface area contributed by atoms with Crippen molar-refractivity contribution in [2.45, 2.75) is 40.5 Å². The molecule has 0 aromatic carbocycles. The lowest BCUT2D eigenvalue weighted by Crippen LogP contribution is -2.50. The van der Waals surface area contributed by atoms with Gasteiger partial charge in [0.15, 0.2) is 0 Å². The van der Waals surface area contributed by atoms with Crippen molar-refractivity contribution >= 4 is 5.91 Å². The number of carbonyl (C=O) groups excluding carboxylic acids is 1. The summed E-state index contributed by atoms with van der Waals surface area (Å²) in [5.74, 6) is 1.96. The van der Waals surface area contributed by atoms with Crippen LogP contribution in [-0.4, -0.2) is 24.9 Å². The van der Waals surface area contributed by atoms with Gasteiger partial charge in [-0.05, 0) is 30.1 Å². The Morgan fingerprint density at radius 1 is 1.13 bits per heavy atom. The van der Waals surface area contributed by atoms with Crippen LogP contribution in [0.25, 0.3) is 0 Å². The zero-order valence-electron chi connectivity index (χ0n) is 11.0. The van der Waals surface area contributed by atoms with Crippen LogP contribution in [0.4, 0.5) is 0 Å². The van der Waals surface area contributed by atoms with Crippen LogP contribution in [-0.2, 0) is 4.79 Å². The number of amides is 1. The van der Waals surface area contributed by atoms with Crippen LogP contribution in [0.3, 0.4) is 0 Å². The van der Waals surface area contributed by atoms with Gasteiger partial charge in [-0.25, -0.2) is 0 Å². The first-order valence-electron chi connectivity index (χ1n) is 6.02. The molecule has 0 atom stereocenters. The third kappa shape index (κ3) is 2.04. The molecule has 1 saturated carbocycles. The number of hydrogen-bond acceptors (Lipinski definition) is 1. The molecule has 15 heavy (non-hydrogen) atoms. The molecule has 0 aromatic rings. The van der Waals surface area contributed by atoms with Crippen LogP contribution in [0, 0.1) is 23.2 Å². The summed E-state index contributed by atoms with van der Waals surface area (Å²) in [6.45, 7) is 9.15. The smallest absolute Gasteiger partial charge is 0.225 e. The van der Waals surface area contributed by atoms with Crippen molar-refractivity contribution in [3.63, 3.8) is 0 Å². The molecule has 0 N–H and O–H groups in total. The molecule has 0 bridgehead atoms. The van der Waals surface area contributed by atoms with Crippen molar-refractivity contribution in [3.8, 4) is 0 Å². The Morgan fingerprint density at radius 2 is 1.53 bits per heavy atom. The molecular formula is C13H25NO.